The van der Waals surface area contributed by atoms with Crippen molar-refractivity contribution in [1.29, 1.82) is 0 Å². The van der Waals surface area contributed by atoms with E-state index in [9.17, 15) is 19.2 Å². The van der Waals surface area contributed by atoms with E-state index in [1.807, 2.05) is 38.1 Å². The molecule has 0 fully saturated rings. The third-order valence-electron chi connectivity index (χ3n) is 7.26. The molecule has 0 bridgehead atoms. The lowest BCUT2D eigenvalue weighted by Gasteiger charge is -2.25. The molecule has 0 spiro atoms. The molecule has 2 aromatic carbocycles. The number of esters is 4. The van der Waals surface area contributed by atoms with E-state index in [-0.39, 0.29) is 29.7 Å². The number of rotatable bonds is 8. The van der Waals surface area contributed by atoms with E-state index >= 15 is 0 Å². The number of methoxy groups -OCH3 is 2. The maximum atomic E-state index is 12.2. The summed E-state index contributed by atoms with van der Waals surface area (Å²) in [5.41, 5.74) is 5.17. The summed E-state index contributed by atoms with van der Waals surface area (Å²) in [7, 11) is 2.73. The minimum Gasteiger partial charge on any atom is -0.465 e. The first-order valence-electron chi connectivity index (χ1n) is 14.1. The predicted octanol–water partition coefficient (Wildman–Crippen LogP) is 5.38. The number of carbonyl (C=O) groups is 4. The molecule has 8 heteroatoms. The van der Waals surface area contributed by atoms with Gasteiger partial charge in [-0.1, -0.05) is 32.0 Å². The Kier molecular flexibility index (Phi) is 11.7. The van der Waals surface area contributed by atoms with Crippen LogP contribution in [0.15, 0.2) is 36.4 Å². The van der Waals surface area contributed by atoms with Gasteiger partial charge in [-0.15, -0.1) is 0 Å². The Morgan fingerprint density at radius 2 is 1.48 bits per heavy atom. The van der Waals surface area contributed by atoms with E-state index in [1.165, 1.54) is 14.2 Å². The number of aryl methyl sites for hydroxylation is 2. The smallest absolute Gasteiger partial charge is 0.338 e. The Hall–Kier alpha value is -3.68. The molecule has 40 heavy (non-hydrogen) atoms. The second-order valence-electron chi connectivity index (χ2n) is 10.1. The Labute approximate surface area is 236 Å². The van der Waals surface area contributed by atoms with E-state index in [2.05, 4.69) is 0 Å². The van der Waals surface area contributed by atoms with Crippen molar-refractivity contribution in [1.82, 2.24) is 0 Å². The van der Waals surface area contributed by atoms with Crippen LogP contribution >= 0.6 is 0 Å². The molecule has 2 aromatic rings. The van der Waals surface area contributed by atoms with Gasteiger partial charge in [-0.25, -0.2) is 9.59 Å². The SMILES string of the molecule is CCCOC(=O)C1CCCc2cccc(C(=O)OC)c21.CCCOC(=O)C1CCc2cc(C(=O)OC)ccc2C1. The highest BCUT2D eigenvalue weighted by atomic mass is 16.5. The molecule has 216 valence electrons. The van der Waals surface area contributed by atoms with Gasteiger partial charge < -0.3 is 18.9 Å². The highest BCUT2D eigenvalue weighted by Crippen LogP contribution is 2.35. The van der Waals surface area contributed by atoms with E-state index < -0.39 is 5.97 Å². The average molecular weight is 553 g/mol. The molecule has 0 N–H and O–H groups in total. The van der Waals surface area contributed by atoms with Crippen molar-refractivity contribution < 1.29 is 38.1 Å². The van der Waals surface area contributed by atoms with Gasteiger partial charge in [0.15, 0.2) is 0 Å². The van der Waals surface area contributed by atoms with E-state index in [1.54, 1.807) is 12.1 Å². The summed E-state index contributed by atoms with van der Waals surface area (Å²) in [6.45, 7) is 4.86. The number of benzene rings is 2. The summed E-state index contributed by atoms with van der Waals surface area (Å²) in [6.07, 6.45) is 6.46. The van der Waals surface area contributed by atoms with Gasteiger partial charge in [0.25, 0.3) is 0 Å². The molecule has 8 nitrogen and oxygen atoms in total. The normalized spacial score (nSPS) is 17.2. The van der Waals surface area contributed by atoms with Crippen molar-refractivity contribution in [2.75, 3.05) is 27.4 Å². The average Bonchev–Trinajstić information content (AvgIpc) is 3.00. The number of fused-ring (bicyclic) bond motifs is 2. The first kappa shape index (κ1) is 30.9. The summed E-state index contributed by atoms with van der Waals surface area (Å²) in [6, 6.07) is 11.1. The van der Waals surface area contributed by atoms with E-state index in [0.717, 1.165) is 67.2 Å². The molecule has 0 saturated carbocycles. The summed E-state index contributed by atoms with van der Waals surface area (Å²) in [5.74, 6) is -1.45. The molecule has 4 rings (SSSR count). The highest BCUT2D eigenvalue weighted by molar-refractivity contribution is 5.94. The third-order valence-corrected chi connectivity index (χ3v) is 7.26. The lowest BCUT2D eigenvalue weighted by Crippen LogP contribution is -2.25. The number of hydrogen-bond acceptors (Lipinski definition) is 8. The van der Waals surface area contributed by atoms with E-state index in [4.69, 9.17) is 18.9 Å². The van der Waals surface area contributed by atoms with Gasteiger partial charge in [0.2, 0.25) is 0 Å². The first-order chi connectivity index (χ1) is 19.3. The zero-order chi connectivity index (χ0) is 29.1. The molecule has 0 saturated heterocycles. The maximum Gasteiger partial charge on any atom is 0.338 e. The fourth-order valence-electron chi connectivity index (χ4n) is 5.23. The summed E-state index contributed by atoms with van der Waals surface area (Å²) in [4.78, 5) is 47.5. The second kappa shape index (κ2) is 15.2. The van der Waals surface area contributed by atoms with Gasteiger partial charge in [0.05, 0.1) is 50.4 Å². The fourth-order valence-corrected chi connectivity index (χ4v) is 5.23. The monoisotopic (exact) mass is 552 g/mol. The molecular weight excluding hydrogens is 512 g/mol. The Balaban J connectivity index is 0.000000220. The summed E-state index contributed by atoms with van der Waals surface area (Å²) < 4.78 is 20.0. The van der Waals surface area contributed by atoms with Crippen molar-refractivity contribution in [3.8, 4) is 0 Å². The minimum atomic E-state index is -0.392. The van der Waals surface area contributed by atoms with Gasteiger partial charge in [-0.05, 0) is 91.8 Å². The van der Waals surface area contributed by atoms with Gasteiger partial charge in [0, 0.05) is 0 Å². The van der Waals surface area contributed by atoms with Crippen molar-refractivity contribution in [3.63, 3.8) is 0 Å². The van der Waals surface area contributed by atoms with Crippen LogP contribution in [0.3, 0.4) is 0 Å². The third kappa shape index (κ3) is 7.71. The zero-order valence-electron chi connectivity index (χ0n) is 24.0. The van der Waals surface area contributed by atoms with Gasteiger partial charge in [0.1, 0.15) is 0 Å². The molecule has 2 aliphatic rings. The van der Waals surface area contributed by atoms with Gasteiger partial charge in [-0.2, -0.15) is 0 Å². The van der Waals surface area contributed by atoms with E-state index in [0.29, 0.717) is 30.8 Å². The topological polar surface area (TPSA) is 105 Å². The molecule has 0 heterocycles. The van der Waals surface area contributed by atoms with Crippen LogP contribution in [0.25, 0.3) is 0 Å². The lowest BCUT2D eigenvalue weighted by atomic mass is 9.80. The standard InChI is InChI=1S/2C16H20O4/c1-3-10-20-16(18)13-9-5-7-11-6-4-8-12(14(11)13)15(17)19-2;1-3-8-20-16(18)14-7-5-11-9-13(15(17)19-2)6-4-12(11)10-14/h4,6,8,13H,3,5,7,9-10H2,1-2H3;4,6,9,14H,3,5,7-8,10H2,1-2H3. The van der Waals surface area contributed by atoms with Crippen LogP contribution in [0.4, 0.5) is 0 Å². The molecule has 2 aliphatic carbocycles. The molecule has 0 aromatic heterocycles. The van der Waals surface area contributed by atoms with Crippen molar-refractivity contribution in [2.24, 2.45) is 5.92 Å². The maximum absolute atomic E-state index is 12.2. The van der Waals surface area contributed by atoms with Crippen LogP contribution in [0, 0.1) is 5.92 Å². The van der Waals surface area contributed by atoms with Crippen LogP contribution in [-0.2, 0) is 47.8 Å². The molecule has 0 aliphatic heterocycles. The van der Waals surface area contributed by atoms with Crippen molar-refractivity contribution in [2.45, 2.75) is 71.1 Å². The minimum absolute atomic E-state index is 0.0574. The van der Waals surface area contributed by atoms with Crippen LogP contribution < -0.4 is 0 Å². The predicted molar refractivity (Wildman–Crippen MR) is 149 cm³/mol. The second-order valence-corrected chi connectivity index (χ2v) is 10.1. The molecule has 0 amide bonds. The molecule has 2 unspecified atom stereocenters. The fraction of sp³-hybridized carbons (Fsp3) is 0.500. The Morgan fingerprint density at radius 1 is 0.775 bits per heavy atom. The molecule has 0 radical (unpaired) electrons. The van der Waals surface area contributed by atoms with Crippen molar-refractivity contribution in [3.05, 3.63) is 69.8 Å². The number of carbonyl (C=O) groups excluding carboxylic acids is 4. The van der Waals surface area contributed by atoms with Crippen LogP contribution in [0.5, 0.6) is 0 Å². The largest absolute Gasteiger partial charge is 0.465 e. The van der Waals surface area contributed by atoms with Crippen LogP contribution in [0.2, 0.25) is 0 Å². The first-order valence-corrected chi connectivity index (χ1v) is 14.1. The quantitative estimate of drug-likeness (QED) is 0.318. The molecule has 2 atom stereocenters. The zero-order valence-corrected chi connectivity index (χ0v) is 24.0. The summed E-state index contributed by atoms with van der Waals surface area (Å²) >= 11 is 0. The molecular formula is C32H40O8. The number of ether oxygens (including phenoxy) is 4. The highest BCUT2D eigenvalue weighted by Gasteiger charge is 2.32. The summed E-state index contributed by atoms with van der Waals surface area (Å²) in [5, 5.41) is 0. The number of hydrogen-bond donors (Lipinski definition) is 0. The van der Waals surface area contributed by atoms with Crippen LogP contribution in [-0.4, -0.2) is 51.3 Å². The van der Waals surface area contributed by atoms with Crippen LogP contribution in [0.1, 0.15) is 94.8 Å². The Bertz CT molecular complexity index is 1200. The van der Waals surface area contributed by atoms with Gasteiger partial charge >= 0.3 is 23.9 Å². The lowest BCUT2D eigenvalue weighted by molar-refractivity contribution is -0.149. The van der Waals surface area contributed by atoms with Crippen molar-refractivity contribution >= 4 is 23.9 Å². The van der Waals surface area contributed by atoms with Gasteiger partial charge in [-0.3, -0.25) is 9.59 Å². The Morgan fingerprint density at radius 3 is 2.15 bits per heavy atom.